The van der Waals surface area contributed by atoms with Gasteiger partial charge in [0.25, 0.3) is 0 Å². The molecule has 3 aromatic rings. The molecule has 0 bridgehead atoms. The Hall–Kier alpha value is -3.71. The summed E-state index contributed by atoms with van der Waals surface area (Å²) in [4.78, 5) is 15.3. The number of ether oxygens (including phenoxy) is 1. The number of allylic oxidation sites excluding steroid dienone is 2. The fraction of sp³-hybridized carbons (Fsp3) is 0.393. The van der Waals surface area contributed by atoms with Crippen molar-refractivity contribution in [3.63, 3.8) is 0 Å². The SMILES string of the molecule is C/C=C\C(=C/N(C)C(F)(F)F)Nc1nc(COC2CCN(C)CC2)nc2cc(-c3ncccc3C(F)(F)F)ccc12. The summed E-state index contributed by atoms with van der Waals surface area (Å²) in [6.07, 6.45) is -2.46. The highest BCUT2D eigenvalue weighted by Crippen LogP contribution is 2.37. The number of aromatic nitrogens is 3. The molecule has 2 aromatic heterocycles. The molecule has 0 unspecified atom stereocenters. The molecule has 220 valence electrons. The minimum absolute atomic E-state index is 0.0185. The van der Waals surface area contributed by atoms with E-state index < -0.39 is 18.0 Å². The van der Waals surface area contributed by atoms with Crippen molar-refractivity contribution in [3.05, 3.63) is 72.0 Å². The molecule has 1 fully saturated rings. The number of halogens is 6. The van der Waals surface area contributed by atoms with Crippen LogP contribution in [0.15, 0.2) is 60.6 Å². The maximum atomic E-state index is 13.7. The fourth-order valence-corrected chi connectivity index (χ4v) is 4.41. The first-order valence-electron chi connectivity index (χ1n) is 12.9. The summed E-state index contributed by atoms with van der Waals surface area (Å²) >= 11 is 0. The van der Waals surface area contributed by atoms with Gasteiger partial charge in [0.2, 0.25) is 0 Å². The number of pyridine rings is 1. The Kier molecular flexibility index (Phi) is 9.17. The van der Waals surface area contributed by atoms with E-state index in [-0.39, 0.29) is 51.7 Å². The zero-order valence-corrected chi connectivity index (χ0v) is 22.7. The van der Waals surface area contributed by atoms with Crippen LogP contribution in [0.4, 0.5) is 32.2 Å². The van der Waals surface area contributed by atoms with Crippen molar-refractivity contribution in [1.29, 1.82) is 0 Å². The van der Waals surface area contributed by atoms with E-state index >= 15 is 0 Å². The average Bonchev–Trinajstić information content (AvgIpc) is 2.91. The molecule has 0 amide bonds. The summed E-state index contributed by atoms with van der Waals surface area (Å²) in [5.74, 6) is 0.415. The number of fused-ring (bicyclic) bond motifs is 1. The van der Waals surface area contributed by atoms with Gasteiger partial charge >= 0.3 is 12.5 Å². The van der Waals surface area contributed by atoms with E-state index in [1.54, 1.807) is 13.0 Å². The number of nitrogens with one attached hydrogen (secondary N) is 1. The standard InChI is InChI=1S/C28H30F6N6O/c1-4-6-19(16-40(3)28(32,33)34)36-26-21-9-8-18(25-22(27(29,30)31)7-5-12-35-25)15-23(21)37-24(38-26)17-41-20-10-13-39(2)14-11-20/h4-9,12,15-16,20H,10-11,13-14,17H2,1-3H3,(H,36,37,38)/b6-4-,19-16+. The molecule has 1 aliphatic heterocycles. The van der Waals surface area contributed by atoms with Gasteiger partial charge in [0, 0.05) is 43.5 Å². The van der Waals surface area contributed by atoms with Gasteiger partial charge in [0.1, 0.15) is 12.4 Å². The third-order valence-electron chi connectivity index (χ3n) is 6.59. The van der Waals surface area contributed by atoms with Gasteiger partial charge in [-0.2, -0.15) is 26.3 Å². The zero-order chi connectivity index (χ0) is 29.8. The van der Waals surface area contributed by atoms with E-state index in [9.17, 15) is 26.3 Å². The highest BCUT2D eigenvalue weighted by Gasteiger charge is 2.34. The second kappa shape index (κ2) is 12.4. The normalized spacial score (nSPS) is 16.1. The minimum atomic E-state index is -4.62. The molecule has 1 saturated heterocycles. The Morgan fingerprint density at radius 1 is 1.12 bits per heavy atom. The highest BCUT2D eigenvalue weighted by molar-refractivity contribution is 5.92. The van der Waals surface area contributed by atoms with Gasteiger partial charge in [-0.25, -0.2) is 9.97 Å². The molecule has 1 N–H and O–H groups in total. The minimum Gasteiger partial charge on any atom is -0.370 e. The van der Waals surface area contributed by atoms with Gasteiger partial charge in [0.05, 0.1) is 28.6 Å². The van der Waals surface area contributed by atoms with E-state index in [4.69, 9.17) is 4.74 Å². The largest absolute Gasteiger partial charge is 0.484 e. The van der Waals surface area contributed by atoms with Crippen LogP contribution in [0.5, 0.6) is 0 Å². The van der Waals surface area contributed by atoms with E-state index in [0.717, 1.165) is 45.2 Å². The Balaban J connectivity index is 1.77. The van der Waals surface area contributed by atoms with Crippen molar-refractivity contribution in [2.45, 2.75) is 45.0 Å². The van der Waals surface area contributed by atoms with Crippen molar-refractivity contribution in [2.24, 2.45) is 0 Å². The van der Waals surface area contributed by atoms with Crippen LogP contribution in [-0.4, -0.2) is 64.3 Å². The number of rotatable bonds is 8. The topological polar surface area (TPSA) is 66.4 Å². The maximum absolute atomic E-state index is 13.7. The van der Waals surface area contributed by atoms with E-state index in [1.165, 1.54) is 36.5 Å². The third kappa shape index (κ3) is 7.73. The van der Waals surface area contributed by atoms with Gasteiger partial charge in [-0.1, -0.05) is 12.1 Å². The molecule has 13 heteroatoms. The average molecular weight is 581 g/mol. The molecule has 1 aliphatic rings. The molecule has 0 atom stereocenters. The second-order valence-electron chi connectivity index (χ2n) is 9.72. The van der Waals surface area contributed by atoms with Gasteiger partial charge in [-0.05, 0) is 57.2 Å². The molecule has 1 aromatic carbocycles. The van der Waals surface area contributed by atoms with E-state index in [2.05, 4.69) is 25.2 Å². The monoisotopic (exact) mass is 580 g/mol. The first kappa shape index (κ1) is 30.3. The number of anilines is 1. The molecule has 0 radical (unpaired) electrons. The smallest absolute Gasteiger partial charge is 0.370 e. The van der Waals surface area contributed by atoms with Crippen LogP contribution in [0.3, 0.4) is 0 Å². The van der Waals surface area contributed by atoms with Gasteiger partial charge in [-0.3, -0.25) is 9.88 Å². The summed E-state index contributed by atoms with van der Waals surface area (Å²) in [6.45, 7) is 3.41. The van der Waals surface area contributed by atoms with Crippen LogP contribution < -0.4 is 5.32 Å². The summed E-state index contributed by atoms with van der Waals surface area (Å²) in [5, 5.41) is 3.32. The lowest BCUT2D eigenvalue weighted by atomic mass is 10.0. The quantitative estimate of drug-likeness (QED) is 0.183. The summed E-state index contributed by atoms with van der Waals surface area (Å²) < 4.78 is 86.8. The maximum Gasteiger partial charge on any atom is 0.484 e. The number of hydrogen-bond acceptors (Lipinski definition) is 7. The number of nitrogens with zero attached hydrogens (tertiary/aromatic N) is 5. The van der Waals surface area contributed by atoms with Crippen molar-refractivity contribution in [3.8, 4) is 11.3 Å². The van der Waals surface area contributed by atoms with Crippen LogP contribution in [0.1, 0.15) is 31.2 Å². The number of benzene rings is 1. The van der Waals surface area contributed by atoms with Gasteiger partial charge in [-0.15, -0.1) is 0 Å². The number of alkyl halides is 6. The van der Waals surface area contributed by atoms with E-state index in [1.807, 2.05) is 7.05 Å². The molecule has 3 heterocycles. The number of likely N-dealkylation sites (tertiary alicyclic amines) is 1. The lowest BCUT2D eigenvalue weighted by molar-refractivity contribution is -0.219. The van der Waals surface area contributed by atoms with Crippen LogP contribution in [-0.2, 0) is 17.5 Å². The number of piperidine rings is 1. The molecular weight excluding hydrogens is 550 g/mol. The molecule has 7 nitrogen and oxygen atoms in total. The number of hydrogen-bond donors (Lipinski definition) is 1. The van der Waals surface area contributed by atoms with Crippen molar-refractivity contribution < 1.29 is 31.1 Å². The lowest BCUT2D eigenvalue weighted by Gasteiger charge is -2.28. The molecule has 0 spiro atoms. The van der Waals surface area contributed by atoms with Crippen molar-refractivity contribution >= 4 is 16.7 Å². The van der Waals surface area contributed by atoms with Gasteiger partial charge in [0.15, 0.2) is 5.82 Å². The van der Waals surface area contributed by atoms with Crippen LogP contribution >= 0.6 is 0 Å². The first-order chi connectivity index (χ1) is 19.3. The molecule has 4 rings (SSSR count). The molecule has 0 aliphatic carbocycles. The Morgan fingerprint density at radius 2 is 1.85 bits per heavy atom. The van der Waals surface area contributed by atoms with Gasteiger partial charge < -0.3 is 15.0 Å². The molecule has 0 saturated carbocycles. The summed E-state index contributed by atoms with van der Waals surface area (Å²) in [6, 6.07) is 6.59. The van der Waals surface area contributed by atoms with Crippen LogP contribution in [0, 0.1) is 0 Å². The Bertz CT molecular complexity index is 1410. The lowest BCUT2D eigenvalue weighted by Crippen LogP contribution is -2.34. The zero-order valence-electron chi connectivity index (χ0n) is 22.7. The fourth-order valence-electron chi connectivity index (χ4n) is 4.41. The first-order valence-corrected chi connectivity index (χ1v) is 12.9. The van der Waals surface area contributed by atoms with Crippen molar-refractivity contribution in [2.75, 3.05) is 32.5 Å². The molecule has 41 heavy (non-hydrogen) atoms. The summed E-state index contributed by atoms with van der Waals surface area (Å²) in [7, 11) is 2.90. The van der Waals surface area contributed by atoms with Crippen LogP contribution in [0.2, 0.25) is 0 Å². The Morgan fingerprint density at radius 3 is 2.51 bits per heavy atom. The van der Waals surface area contributed by atoms with Crippen molar-refractivity contribution in [1.82, 2.24) is 24.8 Å². The summed E-state index contributed by atoms with van der Waals surface area (Å²) in [5.41, 5.74) is -0.614. The Labute approximate surface area is 233 Å². The third-order valence-corrected chi connectivity index (χ3v) is 6.59. The molecular formula is C28H30F6N6O. The highest BCUT2D eigenvalue weighted by atomic mass is 19.4. The second-order valence-corrected chi connectivity index (χ2v) is 9.72. The van der Waals surface area contributed by atoms with E-state index in [0.29, 0.717) is 5.39 Å². The predicted molar refractivity (Wildman–Crippen MR) is 143 cm³/mol. The van der Waals surface area contributed by atoms with Crippen LogP contribution in [0.25, 0.3) is 22.2 Å². The predicted octanol–water partition coefficient (Wildman–Crippen LogP) is 6.60.